The van der Waals surface area contributed by atoms with Gasteiger partial charge < -0.3 is 5.73 Å². The number of rotatable bonds is 10. The van der Waals surface area contributed by atoms with Crippen LogP contribution in [0.25, 0.3) is 11.1 Å². The van der Waals surface area contributed by atoms with Gasteiger partial charge in [0.15, 0.2) is 0 Å². The summed E-state index contributed by atoms with van der Waals surface area (Å²) < 4.78 is 1.69. The van der Waals surface area contributed by atoms with Gasteiger partial charge in [-0.1, -0.05) is 92.8 Å². The minimum absolute atomic E-state index is 0.341. The summed E-state index contributed by atoms with van der Waals surface area (Å²) in [5.74, 6) is 0. The molecule has 3 rings (SSSR count). The quantitative estimate of drug-likeness (QED) is 0.494. The van der Waals surface area contributed by atoms with E-state index in [2.05, 4.69) is 59.7 Å². The van der Waals surface area contributed by atoms with Crippen molar-refractivity contribution >= 4 is 0 Å². The molecule has 2 aromatic carbocycles. The van der Waals surface area contributed by atoms with Gasteiger partial charge in [0.25, 0.3) is 0 Å². The van der Waals surface area contributed by atoms with Crippen molar-refractivity contribution in [3.8, 4) is 11.1 Å². The highest BCUT2D eigenvalue weighted by atomic mass is 15.4. The Morgan fingerprint density at radius 1 is 0.926 bits per heavy atom. The molecule has 1 atom stereocenters. The third kappa shape index (κ3) is 5.27. The summed E-state index contributed by atoms with van der Waals surface area (Å²) in [5.41, 5.74) is 11.2. The van der Waals surface area contributed by atoms with Crippen LogP contribution in [-0.4, -0.2) is 15.0 Å². The number of hydrogen-bond donors (Lipinski definition) is 1. The first-order valence-electron chi connectivity index (χ1n) is 10.1. The smallest absolute Gasteiger partial charge is 0.127 e. The number of nitrogens with zero attached hydrogens (tertiary/aromatic N) is 3. The minimum atomic E-state index is -0.341. The molecule has 1 heterocycles. The zero-order valence-corrected chi connectivity index (χ0v) is 16.2. The highest BCUT2D eigenvalue weighted by Crippen LogP contribution is 2.28. The SMILES string of the molecule is CCCCCCCCc1ccc(-c2ccccc2C(N)n2ccnn2)cc1. The average molecular weight is 363 g/mol. The molecule has 4 nitrogen and oxygen atoms in total. The molecule has 0 fully saturated rings. The zero-order valence-electron chi connectivity index (χ0n) is 16.2. The molecular formula is C23H30N4. The Hall–Kier alpha value is -2.46. The van der Waals surface area contributed by atoms with Gasteiger partial charge in [0.05, 0.1) is 6.20 Å². The molecule has 0 radical (unpaired) electrons. The van der Waals surface area contributed by atoms with Crippen LogP contribution in [0.1, 0.15) is 62.7 Å². The molecule has 0 saturated heterocycles. The second kappa shape index (κ2) is 10.0. The molecule has 1 aromatic heterocycles. The standard InChI is InChI=1S/C23H30N4/c1-2-3-4-5-6-7-10-19-13-15-20(16-14-19)21-11-8-9-12-22(21)23(24)27-18-17-25-26-27/h8-9,11-18,23H,2-7,10,24H2,1H3. The Kier molecular flexibility index (Phi) is 7.17. The van der Waals surface area contributed by atoms with Crippen LogP contribution in [-0.2, 0) is 6.42 Å². The molecule has 142 valence electrons. The van der Waals surface area contributed by atoms with E-state index in [1.165, 1.54) is 49.7 Å². The Morgan fingerprint density at radius 2 is 1.67 bits per heavy atom. The number of benzene rings is 2. The molecule has 4 heteroatoms. The van der Waals surface area contributed by atoms with Crippen LogP contribution in [0.5, 0.6) is 0 Å². The Balaban J connectivity index is 1.65. The van der Waals surface area contributed by atoms with Gasteiger partial charge in [0.2, 0.25) is 0 Å². The number of nitrogens with two attached hydrogens (primary N) is 1. The molecule has 0 bridgehead atoms. The van der Waals surface area contributed by atoms with E-state index in [9.17, 15) is 0 Å². The van der Waals surface area contributed by atoms with Crippen LogP contribution in [0.15, 0.2) is 60.9 Å². The Labute approximate surface area is 162 Å². The second-order valence-electron chi connectivity index (χ2n) is 7.13. The van der Waals surface area contributed by atoms with Gasteiger partial charge in [-0.2, -0.15) is 0 Å². The summed E-state index contributed by atoms with van der Waals surface area (Å²) >= 11 is 0. The lowest BCUT2D eigenvalue weighted by atomic mass is 9.96. The molecule has 0 saturated carbocycles. The normalized spacial score (nSPS) is 12.2. The van der Waals surface area contributed by atoms with E-state index >= 15 is 0 Å². The largest absolute Gasteiger partial charge is 0.306 e. The first kappa shape index (κ1) is 19.3. The van der Waals surface area contributed by atoms with Gasteiger partial charge in [0, 0.05) is 6.20 Å². The van der Waals surface area contributed by atoms with Crippen molar-refractivity contribution in [3.05, 3.63) is 72.1 Å². The lowest BCUT2D eigenvalue weighted by molar-refractivity contribution is 0.523. The molecule has 0 amide bonds. The van der Waals surface area contributed by atoms with Crippen LogP contribution < -0.4 is 5.73 Å². The molecule has 27 heavy (non-hydrogen) atoms. The van der Waals surface area contributed by atoms with Crippen molar-refractivity contribution in [2.45, 2.75) is 58.0 Å². The van der Waals surface area contributed by atoms with Crippen molar-refractivity contribution in [1.29, 1.82) is 0 Å². The van der Waals surface area contributed by atoms with Crippen molar-refractivity contribution in [1.82, 2.24) is 15.0 Å². The van der Waals surface area contributed by atoms with Crippen LogP contribution in [0.2, 0.25) is 0 Å². The predicted octanol–water partition coefficient (Wildman–Crippen LogP) is 5.35. The van der Waals surface area contributed by atoms with E-state index in [1.54, 1.807) is 17.1 Å². The lowest BCUT2D eigenvalue weighted by Crippen LogP contribution is -2.21. The summed E-state index contributed by atoms with van der Waals surface area (Å²) in [5, 5.41) is 7.91. The Bertz CT molecular complexity index is 794. The third-order valence-electron chi connectivity index (χ3n) is 5.09. The van der Waals surface area contributed by atoms with E-state index in [-0.39, 0.29) is 6.17 Å². The average Bonchev–Trinajstić information content (AvgIpc) is 3.25. The third-order valence-corrected chi connectivity index (χ3v) is 5.09. The van der Waals surface area contributed by atoms with E-state index in [0.29, 0.717) is 0 Å². The summed E-state index contributed by atoms with van der Waals surface area (Å²) in [6.07, 6.45) is 12.3. The molecular weight excluding hydrogens is 332 g/mol. The number of hydrogen-bond acceptors (Lipinski definition) is 3. The van der Waals surface area contributed by atoms with E-state index in [4.69, 9.17) is 5.73 Å². The van der Waals surface area contributed by atoms with Crippen LogP contribution in [0, 0.1) is 0 Å². The summed E-state index contributed by atoms with van der Waals surface area (Å²) in [6.45, 7) is 2.26. The highest BCUT2D eigenvalue weighted by molar-refractivity contribution is 5.68. The number of aromatic nitrogens is 3. The van der Waals surface area contributed by atoms with Gasteiger partial charge in [0.1, 0.15) is 6.17 Å². The Morgan fingerprint density at radius 3 is 2.41 bits per heavy atom. The fourth-order valence-corrected chi connectivity index (χ4v) is 3.49. The minimum Gasteiger partial charge on any atom is -0.306 e. The van der Waals surface area contributed by atoms with Crippen LogP contribution in [0.3, 0.4) is 0 Å². The van der Waals surface area contributed by atoms with E-state index < -0.39 is 0 Å². The second-order valence-corrected chi connectivity index (χ2v) is 7.13. The monoisotopic (exact) mass is 362 g/mol. The maximum absolute atomic E-state index is 6.40. The van der Waals surface area contributed by atoms with E-state index in [0.717, 1.165) is 17.5 Å². The van der Waals surface area contributed by atoms with Crippen molar-refractivity contribution in [3.63, 3.8) is 0 Å². The van der Waals surface area contributed by atoms with Crippen molar-refractivity contribution < 1.29 is 0 Å². The van der Waals surface area contributed by atoms with Gasteiger partial charge in [-0.05, 0) is 35.1 Å². The first-order valence-corrected chi connectivity index (χ1v) is 10.1. The summed E-state index contributed by atoms with van der Waals surface area (Å²) in [4.78, 5) is 0. The molecule has 0 aliphatic rings. The fraction of sp³-hybridized carbons (Fsp3) is 0.391. The summed E-state index contributed by atoms with van der Waals surface area (Å²) in [7, 11) is 0. The van der Waals surface area contributed by atoms with Crippen molar-refractivity contribution in [2.24, 2.45) is 5.73 Å². The maximum Gasteiger partial charge on any atom is 0.127 e. The maximum atomic E-state index is 6.40. The van der Waals surface area contributed by atoms with Gasteiger partial charge in [-0.15, -0.1) is 5.10 Å². The van der Waals surface area contributed by atoms with Gasteiger partial charge in [-0.25, -0.2) is 4.68 Å². The zero-order chi connectivity index (χ0) is 18.9. The number of aryl methyl sites for hydroxylation is 1. The van der Waals surface area contributed by atoms with Crippen LogP contribution >= 0.6 is 0 Å². The molecule has 1 unspecified atom stereocenters. The first-order chi connectivity index (χ1) is 13.3. The summed E-state index contributed by atoms with van der Waals surface area (Å²) in [6, 6.07) is 17.2. The highest BCUT2D eigenvalue weighted by Gasteiger charge is 2.14. The molecule has 2 N–H and O–H groups in total. The van der Waals surface area contributed by atoms with Gasteiger partial charge in [-0.3, -0.25) is 0 Å². The van der Waals surface area contributed by atoms with Crippen LogP contribution in [0.4, 0.5) is 0 Å². The molecule has 0 spiro atoms. The molecule has 3 aromatic rings. The van der Waals surface area contributed by atoms with E-state index in [1.807, 2.05) is 6.07 Å². The van der Waals surface area contributed by atoms with Crippen molar-refractivity contribution in [2.75, 3.05) is 0 Å². The lowest BCUT2D eigenvalue weighted by Gasteiger charge is -2.16. The number of unbranched alkanes of at least 4 members (excludes halogenated alkanes) is 5. The fourth-order valence-electron chi connectivity index (χ4n) is 3.49. The molecule has 0 aliphatic carbocycles. The van der Waals surface area contributed by atoms with Gasteiger partial charge >= 0.3 is 0 Å². The topological polar surface area (TPSA) is 56.7 Å². The molecule has 0 aliphatic heterocycles. The predicted molar refractivity (Wildman–Crippen MR) is 111 cm³/mol.